The van der Waals surface area contributed by atoms with Gasteiger partial charge >= 0.3 is 0 Å². The first kappa shape index (κ1) is 5.12. The van der Waals surface area contributed by atoms with Gasteiger partial charge in [0, 0.05) is 4.11 Å². The molecule has 1 aromatic carbocycles. The van der Waals surface area contributed by atoms with Crippen molar-refractivity contribution in [2.45, 2.75) is 18.7 Å². The molecule has 0 heterocycles. The first-order valence-electron chi connectivity index (χ1n) is 5.98. The molecule has 0 saturated carbocycles. The highest BCUT2D eigenvalue weighted by Gasteiger charge is 2.12. The fourth-order valence-corrected chi connectivity index (χ4v) is 1.48. The molecular formula is C9H12O3S. The third kappa shape index (κ3) is 2.54. The molecule has 0 radical (unpaired) electrons. The van der Waals surface area contributed by atoms with Gasteiger partial charge in [-0.25, -0.2) is 0 Å². The Balaban J connectivity index is 3.07. The monoisotopic (exact) mass is 207 g/mol. The lowest BCUT2D eigenvalue weighted by atomic mass is 10.2. The van der Waals surface area contributed by atoms with Crippen molar-refractivity contribution in [3.05, 3.63) is 29.8 Å². The Kier molecular flexibility index (Phi) is 1.53. The standard InChI is InChI=1S/C9H12O3S/c1-3-12-13(10,11)9-6-4-8(2)5-7-9/h4-7H,3H2,1-2H3/i1+1D3,3+1D2. The van der Waals surface area contributed by atoms with Gasteiger partial charge < -0.3 is 0 Å². The lowest BCUT2D eigenvalue weighted by Crippen LogP contribution is -2.05. The molecule has 13 heavy (non-hydrogen) atoms. The number of benzene rings is 1. The van der Waals surface area contributed by atoms with Crippen LogP contribution in [0.15, 0.2) is 29.2 Å². The van der Waals surface area contributed by atoms with E-state index in [-0.39, 0.29) is 4.90 Å². The summed E-state index contributed by atoms with van der Waals surface area (Å²) in [7, 11) is -4.45. The van der Waals surface area contributed by atoms with Gasteiger partial charge in [-0.15, -0.1) is 0 Å². The van der Waals surface area contributed by atoms with Crippen molar-refractivity contribution in [2.24, 2.45) is 0 Å². The molecule has 4 heteroatoms. The molecule has 3 nitrogen and oxygen atoms in total. The summed E-state index contributed by atoms with van der Waals surface area (Å²) in [6.45, 7) is -4.71. The average molecular weight is 207 g/mol. The summed E-state index contributed by atoms with van der Waals surface area (Å²) < 4.78 is 62.4. The molecule has 0 aromatic heterocycles. The Morgan fingerprint density at radius 3 is 2.62 bits per heavy atom. The first-order valence-corrected chi connectivity index (χ1v) is 4.89. The van der Waals surface area contributed by atoms with E-state index in [0.717, 1.165) is 5.56 Å². The largest absolute Gasteiger partial charge is 0.296 e. The Hall–Kier alpha value is -0.870. The molecule has 0 unspecified atom stereocenters. The maximum absolute atomic E-state index is 11.7. The summed E-state index contributed by atoms with van der Waals surface area (Å²) in [5.74, 6) is 0. The van der Waals surface area contributed by atoms with Crippen LogP contribution in [0, 0.1) is 6.92 Å². The third-order valence-electron chi connectivity index (χ3n) is 1.46. The summed E-state index contributed by atoms with van der Waals surface area (Å²) in [6, 6.07) is 5.45. The maximum atomic E-state index is 11.7. The second-order valence-corrected chi connectivity index (χ2v) is 4.00. The first-order chi connectivity index (χ1) is 7.96. The zero-order valence-corrected chi connectivity index (χ0v) is 7.76. The van der Waals surface area contributed by atoms with Gasteiger partial charge in [0.2, 0.25) is 0 Å². The second kappa shape index (κ2) is 3.89. The SMILES string of the molecule is [2H][13C]([2H])([2H])[13C]([2H])([2H])OS(=O)(=O)c1ccc(C)cc1. The van der Waals surface area contributed by atoms with Crippen LogP contribution in [-0.2, 0) is 14.3 Å². The molecule has 0 N–H and O–H groups in total. The Bertz CT molecular complexity index is 518. The summed E-state index contributed by atoms with van der Waals surface area (Å²) >= 11 is 0. The number of aryl methyl sites for hydroxylation is 1. The van der Waals surface area contributed by atoms with Gasteiger partial charge in [0.05, 0.1) is 14.2 Å². The quantitative estimate of drug-likeness (QED) is 0.560. The van der Waals surface area contributed by atoms with Gasteiger partial charge in [-0.3, -0.25) is 4.18 Å². The van der Waals surface area contributed by atoms with Gasteiger partial charge in [-0.1, -0.05) is 17.7 Å². The molecule has 0 spiro atoms. The van der Waals surface area contributed by atoms with E-state index in [9.17, 15) is 8.42 Å². The normalized spacial score (nSPS) is 19.3. The van der Waals surface area contributed by atoms with Crippen molar-refractivity contribution in [3.63, 3.8) is 0 Å². The summed E-state index contributed by atoms with van der Waals surface area (Å²) in [5.41, 5.74) is 0.813. The van der Waals surface area contributed by atoms with Gasteiger partial charge in [-0.2, -0.15) is 8.42 Å². The summed E-state index contributed by atoms with van der Waals surface area (Å²) in [4.78, 5) is -0.291. The van der Waals surface area contributed by atoms with Crippen LogP contribution in [-0.4, -0.2) is 15.0 Å². The molecule has 1 rings (SSSR count). The molecule has 0 aliphatic carbocycles. The van der Waals surface area contributed by atoms with E-state index >= 15 is 0 Å². The fourth-order valence-electron chi connectivity index (χ4n) is 0.808. The average Bonchev–Trinajstić information content (AvgIpc) is 2.14. The van der Waals surface area contributed by atoms with E-state index in [1.165, 1.54) is 24.3 Å². The minimum absolute atomic E-state index is 0.291. The van der Waals surface area contributed by atoms with Crippen molar-refractivity contribution >= 4 is 10.1 Å². The van der Waals surface area contributed by atoms with Crippen LogP contribution in [0.1, 0.15) is 19.3 Å². The highest BCUT2D eigenvalue weighted by atomic mass is 32.2. The minimum atomic E-state index is -4.45. The van der Waals surface area contributed by atoms with Crippen LogP contribution >= 0.6 is 0 Å². The molecule has 0 atom stereocenters. The minimum Gasteiger partial charge on any atom is -0.267 e. The van der Waals surface area contributed by atoms with Crippen LogP contribution in [0.25, 0.3) is 0 Å². The van der Waals surface area contributed by atoms with Crippen molar-refractivity contribution in [1.29, 1.82) is 0 Å². The predicted octanol–water partition coefficient (Wildman–Crippen LogP) is 1.72. The highest BCUT2D eigenvalue weighted by molar-refractivity contribution is 7.86. The molecular weight excluding hydrogens is 190 g/mol. The third-order valence-corrected chi connectivity index (χ3v) is 2.61. The Morgan fingerprint density at radius 1 is 1.46 bits per heavy atom. The van der Waals surface area contributed by atoms with E-state index in [2.05, 4.69) is 4.18 Å². The smallest absolute Gasteiger partial charge is 0.267 e. The lowest BCUT2D eigenvalue weighted by molar-refractivity contribution is 0.338. The number of hydrogen-bond acceptors (Lipinski definition) is 3. The zero-order valence-electron chi connectivity index (χ0n) is 11.9. The molecule has 0 amide bonds. The molecule has 0 bridgehead atoms. The maximum Gasteiger partial charge on any atom is 0.296 e. The molecule has 1 aromatic rings. The van der Waals surface area contributed by atoms with Crippen molar-refractivity contribution < 1.29 is 19.5 Å². The summed E-state index contributed by atoms with van der Waals surface area (Å²) in [5, 5.41) is 0. The Labute approximate surface area is 85.5 Å². The molecule has 72 valence electrons. The van der Waals surface area contributed by atoms with Gasteiger partial charge in [0.25, 0.3) is 10.1 Å². The lowest BCUT2D eigenvalue weighted by Gasteiger charge is -2.02. The van der Waals surface area contributed by atoms with Crippen LogP contribution in [0.2, 0.25) is 0 Å². The second-order valence-electron chi connectivity index (χ2n) is 2.45. The number of hydrogen-bond donors (Lipinski definition) is 0. The predicted molar refractivity (Wildman–Crippen MR) is 50.0 cm³/mol. The summed E-state index contributed by atoms with van der Waals surface area (Å²) in [6.07, 6.45) is 0. The van der Waals surface area contributed by atoms with Crippen molar-refractivity contribution in [3.8, 4) is 0 Å². The molecule has 0 aliphatic heterocycles. The van der Waals surface area contributed by atoms with E-state index in [1.807, 2.05) is 0 Å². The van der Waals surface area contributed by atoms with Crippen LogP contribution in [0.5, 0.6) is 0 Å². The van der Waals surface area contributed by atoms with E-state index in [4.69, 9.17) is 6.85 Å². The molecule has 0 saturated heterocycles. The van der Waals surface area contributed by atoms with Crippen LogP contribution in [0.3, 0.4) is 0 Å². The zero-order chi connectivity index (χ0) is 14.2. The van der Waals surface area contributed by atoms with E-state index < -0.39 is 23.5 Å². The van der Waals surface area contributed by atoms with E-state index in [0.29, 0.717) is 0 Å². The molecule has 0 fully saturated rings. The van der Waals surface area contributed by atoms with Gasteiger partial charge in [0.1, 0.15) is 0 Å². The topological polar surface area (TPSA) is 43.4 Å². The van der Waals surface area contributed by atoms with Gasteiger partial charge in [-0.05, 0) is 25.9 Å². The van der Waals surface area contributed by atoms with Crippen LogP contribution < -0.4 is 0 Å². The number of rotatable bonds is 3. The highest BCUT2D eigenvalue weighted by Crippen LogP contribution is 2.12. The van der Waals surface area contributed by atoms with Crippen molar-refractivity contribution in [1.82, 2.24) is 0 Å². The van der Waals surface area contributed by atoms with Crippen LogP contribution in [0.4, 0.5) is 0 Å². The van der Waals surface area contributed by atoms with E-state index in [1.54, 1.807) is 6.92 Å². The van der Waals surface area contributed by atoms with Gasteiger partial charge in [0.15, 0.2) is 0 Å². The molecule has 0 aliphatic rings. The Morgan fingerprint density at radius 2 is 2.08 bits per heavy atom. The van der Waals surface area contributed by atoms with Crippen molar-refractivity contribution in [2.75, 3.05) is 6.56 Å². The fraction of sp³-hybridized carbons (Fsp3) is 0.333.